The molecule has 0 unspecified atom stereocenters. The van der Waals surface area contributed by atoms with Gasteiger partial charge in [0.15, 0.2) is 0 Å². The average Bonchev–Trinajstić information content (AvgIpc) is 2.38. The number of methoxy groups -OCH3 is 1. The van der Waals surface area contributed by atoms with Gasteiger partial charge >= 0.3 is 12.0 Å². The zero-order chi connectivity index (χ0) is 15.1. The number of carboxylic acids is 1. The third-order valence-corrected chi connectivity index (χ3v) is 2.56. The number of ether oxygens (including phenoxy) is 1. The predicted octanol–water partition coefficient (Wildman–Crippen LogP) is 2.11. The van der Waals surface area contributed by atoms with E-state index in [1.807, 2.05) is 13.0 Å². The van der Waals surface area contributed by atoms with E-state index in [0.717, 1.165) is 10.5 Å². The van der Waals surface area contributed by atoms with E-state index in [1.54, 1.807) is 12.1 Å². The fourth-order valence-corrected chi connectivity index (χ4v) is 1.65. The fourth-order valence-electron chi connectivity index (χ4n) is 1.65. The number of aliphatic carboxylic acids is 1. The molecular formula is C14H18N2O4. The molecule has 1 aromatic carbocycles. The van der Waals surface area contributed by atoms with Crippen molar-refractivity contribution in [3.05, 3.63) is 36.4 Å². The van der Waals surface area contributed by atoms with E-state index in [0.29, 0.717) is 11.4 Å². The summed E-state index contributed by atoms with van der Waals surface area (Å²) in [5.74, 6) is -0.573. The number of rotatable bonds is 6. The maximum absolute atomic E-state index is 12.1. The number of carbonyl (C=O) groups excluding carboxylic acids is 1. The lowest BCUT2D eigenvalue weighted by Crippen LogP contribution is -2.38. The zero-order valence-electron chi connectivity index (χ0n) is 11.5. The minimum Gasteiger partial charge on any atom is -0.495 e. The van der Waals surface area contributed by atoms with Crippen molar-refractivity contribution >= 4 is 17.7 Å². The molecule has 0 fully saturated rings. The first-order valence-electron chi connectivity index (χ1n) is 6.01. The molecular weight excluding hydrogens is 260 g/mol. The first-order chi connectivity index (χ1) is 9.47. The van der Waals surface area contributed by atoms with Crippen molar-refractivity contribution in [2.45, 2.75) is 6.92 Å². The van der Waals surface area contributed by atoms with E-state index in [9.17, 15) is 9.59 Å². The molecule has 6 nitrogen and oxygen atoms in total. The van der Waals surface area contributed by atoms with Crippen LogP contribution >= 0.6 is 0 Å². The fraction of sp³-hybridized carbons (Fsp3) is 0.286. The molecule has 0 spiro atoms. The minimum atomic E-state index is -1.08. The van der Waals surface area contributed by atoms with Crippen LogP contribution in [0.15, 0.2) is 30.9 Å². The van der Waals surface area contributed by atoms with Crippen LogP contribution in [-0.2, 0) is 4.79 Å². The Morgan fingerprint density at radius 1 is 1.50 bits per heavy atom. The van der Waals surface area contributed by atoms with Crippen LogP contribution in [0.4, 0.5) is 10.5 Å². The van der Waals surface area contributed by atoms with Gasteiger partial charge in [-0.25, -0.2) is 4.79 Å². The summed E-state index contributed by atoms with van der Waals surface area (Å²) in [6.45, 7) is 5.14. The Hall–Kier alpha value is -2.50. The van der Waals surface area contributed by atoms with Crippen molar-refractivity contribution in [2.24, 2.45) is 0 Å². The lowest BCUT2D eigenvalue weighted by molar-refractivity contribution is -0.137. The average molecular weight is 278 g/mol. The Morgan fingerprint density at radius 2 is 2.20 bits per heavy atom. The first-order valence-corrected chi connectivity index (χ1v) is 6.01. The number of anilines is 1. The van der Waals surface area contributed by atoms with Crippen molar-refractivity contribution < 1.29 is 19.4 Å². The SMILES string of the molecule is C=CCN(CC(=O)O)C(=O)Nc1cc(C)ccc1OC. The van der Waals surface area contributed by atoms with Gasteiger partial charge in [-0.2, -0.15) is 0 Å². The number of urea groups is 1. The number of hydrogen-bond donors (Lipinski definition) is 2. The summed E-state index contributed by atoms with van der Waals surface area (Å²) in [4.78, 5) is 23.9. The number of carboxylic acid groups (broad SMARTS) is 1. The molecule has 2 N–H and O–H groups in total. The molecule has 108 valence electrons. The quantitative estimate of drug-likeness (QED) is 0.781. The summed E-state index contributed by atoms with van der Waals surface area (Å²) in [5, 5.41) is 11.4. The highest BCUT2D eigenvalue weighted by Gasteiger charge is 2.17. The Morgan fingerprint density at radius 3 is 2.75 bits per heavy atom. The van der Waals surface area contributed by atoms with E-state index >= 15 is 0 Å². The topological polar surface area (TPSA) is 78.9 Å². The van der Waals surface area contributed by atoms with Crippen molar-refractivity contribution in [3.8, 4) is 5.75 Å². The molecule has 1 rings (SSSR count). The summed E-state index contributed by atoms with van der Waals surface area (Å²) in [5.41, 5.74) is 1.45. The van der Waals surface area contributed by atoms with E-state index in [1.165, 1.54) is 13.2 Å². The van der Waals surface area contributed by atoms with Crippen LogP contribution in [0.2, 0.25) is 0 Å². The molecule has 0 saturated carbocycles. The highest BCUT2D eigenvalue weighted by Crippen LogP contribution is 2.25. The van der Waals surface area contributed by atoms with E-state index < -0.39 is 18.5 Å². The zero-order valence-corrected chi connectivity index (χ0v) is 11.5. The predicted molar refractivity (Wildman–Crippen MR) is 76.2 cm³/mol. The van der Waals surface area contributed by atoms with Gasteiger partial charge in [0, 0.05) is 6.54 Å². The Balaban J connectivity index is 2.89. The summed E-state index contributed by atoms with van der Waals surface area (Å²) >= 11 is 0. The van der Waals surface area contributed by atoms with Gasteiger partial charge in [-0.1, -0.05) is 12.1 Å². The number of carbonyl (C=O) groups is 2. The summed E-state index contributed by atoms with van der Waals surface area (Å²) < 4.78 is 5.15. The normalized spacial score (nSPS) is 9.70. The van der Waals surface area contributed by atoms with Gasteiger partial charge in [-0.05, 0) is 24.6 Å². The number of nitrogens with zero attached hydrogens (tertiary/aromatic N) is 1. The Labute approximate surface area is 117 Å². The van der Waals surface area contributed by atoms with Crippen molar-refractivity contribution in [2.75, 3.05) is 25.5 Å². The number of amides is 2. The Kier molecular flexibility index (Phi) is 5.58. The van der Waals surface area contributed by atoms with Crippen LogP contribution in [0.1, 0.15) is 5.56 Å². The molecule has 0 heterocycles. The van der Waals surface area contributed by atoms with E-state index in [-0.39, 0.29) is 6.54 Å². The number of aryl methyl sites for hydroxylation is 1. The molecule has 0 aliphatic heterocycles. The molecule has 6 heteroatoms. The molecule has 0 aromatic heterocycles. The smallest absolute Gasteiger partial charge is 0.323 e. The minimum absolute atomic E-state index is 0.145. The van der Waals surface area contributed by atoms with Crippen LogP contribution in [0.3, 0.4) is 0 Å². The molecule has 2 amide bonds. The van der Waals surface area contributed by atoms with Crippen LogP contribution in [0.25, 0.3) is 0 Å². The van der Waals surface area contributed by atoms with Gasteiger partial charge < -0.3 is 20.1 Å². The molecule has 0 atom stereocenters. The van der Waals surface area contributed by atoms with Gasteiger partial charge in [0.2, 0.25) is 0 Å². The van der Waals surface area contributed by atoms with Crippen molar-refractivity contribution in [3.63, 3.8) is 0 Å². The van der Waals surface area contributed by atoms with Gasteiger partial charge in [-0.15, -0.1) is 6.58 Å². The molecule has 0 saturated heterocycles. The summed E-state index contributed by atoms with van der Waals surface area (Å²) in [7, 11) is 1.50. The van der Waals surface area contributed by atoms with Gasteiger partial charge in [0.1, 0.15) is 12.3 Å². The number of nitrogens with one attached hydrogen (secondary N) is 1. The highest BCUT2D eigenvalue weighted by molar-refractivity contribution is 5.92. The van der Waals surface area contributed by atoms with Gasteiger partial charge in [0.25, 0.3) is 0 Å². The third kappa shape index (κ3) is 4.31. The van der Waals surface area contributed by atoms with Crippen LogP contribution in [0, 0.1) is 6.92 Å². The first kappa shape index (κ1) is 15.6. The molecule has 0 aliphatic rings. The van der Waals surface area contributed by atoms with Crippen LogP contribution in [-0.4, -0.2) is 42.2 Å². The largest absolute Gasteiger partial charge is 0.495 e. The van der Waals surface area contributed by atoms with E-state index in [4.69, 9.17) is 9.84 Å². The van der Waals surface area contributed by atoms with Gasteiger partial charge in [-0.3, -0.25) is 4.79 Å². The molecule has 0 radical (unpaired) electrons. The second-order valence-electron chi connectivity index (χ2n) is 4.20. The summed E-state index contributed by atoms with van der Waals surface area (Å²) in [6.07, 6.45) is 1.47. The second-order valence-corrected chi connectivity index (χ2v) is 4.20. The van der Waals surface area contributed by atoms with Crippen molar-refractivity contribution in [1.29, 1.82) is 0 Å². The number of benzene rings is 1. The van der Waals surface area contributed by atoms with E-state index in [2.05, 4.69) is 11.9 Å². The monoisotopic (exact) mass is 278 g/mol. The highest BCUT2D eigenvalue weighted by atomic mass is 16.5. The van der Waals surface area contributed by atoms with Crippen molar-refractivity contribution in [1.82, 2.24) is 4.90 Å². The molecule has 0 bridgehead atoms. The summed E-state index contributed by atoms with van der Waals surface area (Å²) in [6, 6.07) is 4.83. The molecule has 20 heavy (non-hydrogen) atoms. The molecule has 0 aliphatic carbocycles. The van der Waals surface area contributed by atoms with Gasteiger partial charge in [0.05, 0.1) is 12.8 Å². The lowest BCUT2D eigenvalue weighted by atomic mass is 10.2. The van der Waals surface area contributed by atoms with Crippen LogP contribution in [0.5, 0.6) is 5.75 Å². The standard InChI is InChI=1S/C14H18N2O4/c1-4-7-16(9-13(17)18)14(19)15-11-8-10(2)5-6-12(11)20-3/h4-6,8H,1,7,9H2,2-3H3,(H,15,19)(H,17,18). The molecule has 1 aromatic rings. The van der Waals surface area contributed by atoms with Crippen LogP contribution < -0.4 is 10.1 Å². The second kappa shape index (κ2) is 7.18. The maximum atomic E-state index is 12.1. The maximum Gasteiger partial charge on any atom is 0.323 e. The third-order valence-electron chi connectivity index (χ3n) is 2.56. The lowest BCUT2D eigenvalue weighted by Gasteiger charge is -2.20. The Bertz CT molecular complexity index is 514. The number of hydrogen-bond acceptors (Lipinski definition) is 3.